The number of rotatable bonds is 10. The second-order valence-corrected chi connectivity index (χ2v) is 9.66. The molecule has 5 rings (SSSR count). The molecule has 0 atom stereocenters. The number of nitrogens with two attached hydrogens (primary N) is 1. The average Bonchev–Trinajstić information content (AvgIpc) is 3.66. The molecular weight excluding hydrogens is 486 g/mol. The first-order valence-electron chi connectivity index (χ1n) is 11.8. The lowest BCUT2D eigenvalue weighted by Gasteiger charge is -2.08. The summed E-state index contributed by atoms with van der Waals surface area (Å²) in [5, 5.41) is 3.88. The van der Waals surface area contributed by atoms with Crippen molar-refractivity contribution in [3.8, 4) is 5.00 Å². The molecule has 37 heavy (non-hydrogen) atoms. The van der Waals surface area contributed by atoms with Crippen LogP contribution in [0.25, 0.3) is 16.0 Å². The molecule has 186 valence electrons. The molecule has 5 aromatic rings. The zero-order valence-electron chi connectivity index (χ0n) is 20.0. The Morgan fingerprint density at radius 3 is 2.49 bits per heavy atom. The average molecular weight is 512 g/mol. The largest absolute Gasteiger partial charge is 0.370 e. The fourth-order valence-corrected chi connectivity index (χ4v) is 5.05. The second kappa shape index (κ2) is 10.6. The second-order valence-electron chi connectivity index (χ2n) is 8.60. The Morgan fingerprint density at radius 1 is 0.946 bits per heavy atom. The molecule has 9 heteroatoms. The molecule has 0 bridgehead atoms. The highest BCUT2D eigenvalue weighted by Crippen LogP contribution is 2.24. The predicted octanol–water partition coefficient (Wildman–Crippen LogP) is 4.12. The fourth-order valence-electron chi connectivity index (χ4n) is 4.14. The maximum Gasteiger partial charge on any atom is 0.251 e. The summed E-state index contributed by atoms with van der Waals surface area (Å²) in [7, 11) is 0. The molecule has 3 heterocycles. The Labute approximate surface area is 217 Å². The van der Waals surface area contributed by atoms with Crippen molar-refractivity contribution in [3.05, 3.63) is 107 Å². The van der Waals surface area contributed by atoms with Gasteiger partial charge in [0.25, 0.3) is 5.91 Å². The Kier molecular flexibility index (Phi) is 6.96. The van der Waals surface area contributed by atoms with E-state index in [0.29, 0.717) is 34.9 Å². The van der Waals surface area contributed by atoms with Crippen molar-refractivity contribution >= 4 is 40.0 Å². The van der Waals surface area contributed by atoms with Crippen molar-refractivity contribution in [2.75, 3.05) is 0 Å². The SMILES string of the molecule is NC(=O)CCn1c(CC(=O)c2ccc(-n3cccc3)s2)nc2cc(CNC(=O)c3ccccc3)ccc21. The lowest BCUT2D eigenvalue weighted by atomic mass is 10.1. The molecule has 0 aliphatic heterocycles. The van der Waals surface area contributed by atoms with E-state index < -0.39 is 5.91 Å². The number of thiophene rings is 1. The topological polar surface area (TPSA) is 112 Å². The summed E-state index contributed by atoms with van der Waals surface area (Å²) in [6, 6.07) is 22.3. The number of fused-ring (bicyclic) bond motifs is 1. The van der Waals surface area contributed by atoms with Crippen molar-refractivity contribution in [1.29, 1.82) is 0 Å². The first-order chi connectivity index (χ1) is 18.0. The van der Waals surface area contributed by atoms with Gasteiger partial charge in [0.15, 0.2) is 5.78 Å². The maximum absolute atomic E-state index is 13.2. The number of imidazole rings is 1. The Hall–Kier alpha value is -4.50. The zero-order chi connectivity index (χ0) is 25.8. The molecule has 0 saturated heterocycles. The normalized spacial score (nSPS) is 11.0. The molecule has 0 radical (unpaired) electrons. The highest BCUT2D eigenvalue weighted by molar-refractivity contribution is 7.16. The molecule has 0 spiro atoms. The Morgan fingerprint density at radius 2 is 1.73 bits per heavy atom. The number of primary amides is 1. The highest BCUT2D eigenvalue weighted by Gasteiger charge is 2.18. The van der Waals surface area contributed by atoms with Gasteiger partial charge in [-0.2, -0.15) is 0 Å². The van der Waals surface area contributed by atoms with Crippen LogP contribution in [0.4, 0.5) is 0 Å². The van der Waals surface area contributed by atoms with Gasteiger partial charge in [0.2, 0.25) is 5.91 Å². The summed E-state index contributed by atoms with van der Waals surface area (Å²) in [6.07, 6.45) is 4.10. The predicted molar refractivity (Wildman–Crippen MR) is 143 cm³/mol. The van der Waals surface area contributed by atoms with E-state index in [4.69, 9.17) is 10.7 Å². The van der Waals surface area contributed by atoms with Crippen molar-refractivity contribution in [1.82, 2.24) is 19.4 Å². The minimum absolute atomic E-state index is 0.0469. The van der Waals surface area contributed by atoms with Gasteiger partial charge in [0.1, 0.15) is 5.82 Å². The van der Waals surface area contributed by atoms with Gasteiger partial charge in [0, 0.05) is 37.5 Å². The zero-order valence-corrected chi connectivity index (χ0v) is 20.8. The number of carbonyl (C=O) groups excluding carboxylic acids is 3. The summed E-state index contributed by atoms with van der Waals surface area (Å²) in [4.78, 5) is 42.4. The molecule has 0 fully saturated rings. The van der Waals surface area contributed by atoms with E-state index in [9.17, 15) is 14.4 Å². The number of nitrogens with zero attached hydrogens (tertiary/aromatic N) is 3. The molecule has 3 aromatic heterocycles. The number of amides is 2. The van der Waals surface area contributed by atoms with E-state index in [0.717, 1.165) is 16.1 Å². The van der Waals surface area contributed by atoms with E-state index in [1.54, 1.807) is 12.1 Å². The van der Waals surface area contributed by atoms with Gasteiger partial charge in [-0.15, -0.1) is 11.3 Å². The van der Waals surface area contributed by atoms with Gasteiger partial charge in [-0.05, 0) is 54.1 Å². The summed E-state index contributed by atoms with van der Waals surface area (Å²) >= 11 is 1.42. The van der Waals surface area contributed by atoms with Gasteiger partial charge >= 0.3 is 0 Å². The molecule has 0 aliphatic rings. The van der Waals surface area contributed by atoms with Crippen LogP contribution < -0.4 is 11.1 Å². The molecule has 0 unspecified atom stereocenters. The van der Waals surface area contributed by atoms with Crippen LogP contribution >= 0.6 is 11.3 Å². The number of aryl methyl sites for hydroxylation is 1. The molecule has 8 nitrogen and oxygen atoms in total. The lowest BCUT2D eigenvalue weighted by molar-refractivity contribution is -0.118. The molecule has 2 amide bonds. The molecule has 0 aliphatic carbocycles. The minimum Gasteiger partial charge on any atom is -0.370 e. The van der Waals surface area contributed by atoms with Crippen LogP contribution in [-0.2, 0) is 24.3 Å². The quantitative estimate of drug-likeness (QED) is 0.275. The molecule has 2 aromatic carbocycles. The van der Waals surface area contributed by atoms with E-state index in [2.05, 4.69) is 5.32 Å². The first-order valence-corrected chi connectivity index (χ1v) is 12.7. The van der Waals surface area contributed by atoms with E-state index in [-0.39, 0.29) is 24.5 Å². The van der Waals surface area contributed by atoms with Gasteiger partial charge in [-0.25, -0.2) is 4.98 Å². The number of ketones is 1. The summed E-state index contributed by atoms with van der Waals surface area (Å²) < 4.78 is 3.84. The fraction of sp³-hybridized carbons (Fsp3) is 0.143. The molecule has 3 N–H and O–H groups in total. The van der Waals surface area contributed by atoms with Crippen LogP contribution in [0, 0.1) is 0 Å². The smallest absolute Gasteiger partial charge is 0.251 e. The standard InChI is InChI=1S/C28H25N5O3S/c29-25(35)12-15-33-22-9-8-19(18-30-28(36)20-6-2-1-3-7-20)16-21(22)31-26(33)17-23(34)24-10-11-27(37-24)32-13-4-5-14-32/h1-11,13-14,16H,12,15,17-18H2,(H2,29,35)(H,30,36). The van der Waals surface area contributed by atoms with Crippen LogP contribution in [0.5, 0.6) is 0 Å². The van der Waals surface area contributed by atoms with Gasteiger partial charge < -0.3 is 20.2 Å². The van der Waals surface area contributed by atoms with E-state index >= 15 is 0 Å². The number of carbonyl (C=O) groups is 3. The van der Waals surface area contributed by atoms with Crippen molar-refractivity contribution in [2.45, 2.75) is 25.9 Å². The third kappa shape index (κ3) is 5.52. The highest BCUT2D eigenvalue weighted by atomic mass is 32.1. The summed E-state index contributed by atoms with van der Waals surface area (Å²) in [5.74, 6) is -0.0554. The van der Waals surface area contributed by atoms with E-state index in [1.807, 2.05) is 82.2 Å². The monoisotopic (exact) mass is 511 g/mol. The number of aromatic nitrogens is 3. The number of hydrogen-bond donors (Lipinski definition) is 2. The van der Waals surface area contributed by atoms with Crippen LogP contribution in [0.15, 0.2) is 85.2 Å². The van der Waals surface area contributed by atoms with Crippen molar-refractivity contribution in [2.24, 2.45) is 5.73 Å². The Bertz CT molecular complexity index is 1570. The number of nitrogens with one attached hydrogen (secondary N) is 1. The third-order valence-corrected chi connectivity index (χ3v) is 7.15. The number of hydrogen-bond acceptors (Lipinski definition) is 5. The van der Waals surface area contributed by atoms with Crippen molar-refractivity contribution in [3.63, 3.8) is 0 Å². The first kappa shape index (κ1) is 24.2. The molecular formula is C28H25N5O3S. The van der Waals surface area contributed by atoms with Gasteiger partial charge in [-0.3, -0.25) is 14.4 Å². The van der Waals surface area contributed by atoms with Crippen LogP contribution in [-0.4, -0.2) is 31.7 Å². The Balaban J connectivity index is 1.37. The summed E-state index contributed by atoms with van der Waals surface area (Å²) in [5.41, 5.74) is 8.37. The van der Waals surface area contributed by atoms with Crippen LogP contribution in [0.1, 0.15) is 37.8 Å². The van der Waals surface area contributed by atoms with Crippen LogP contribution in [0.3, 0.4) is 0 Å². The van der Waals surface area contributed by atoms with E-state index in [1.165, 1.54) is 11.3 Å². The van der Waals surface area contributed by atoms with Gasteiger partial charge in [0.05, 0.1) is 27.3 Å². The van der Waals surface area contributed by atoms with Crippen molar-refractivity contribution < 1.29 is 14.4 Å². The van der Waals surface area contributed by atoms with Gasteiger partial charge in [-0.1, -0.05) is 24.3 Å². The number of Topliss-reactive ketones (excluding diaryl/α,β-unsaturated/α-hetero) is 1. The van der Waals surface area contributed by atoms with Crippen LogP contribution in [0.2, 0.25) is 0 Å². The molecule has 0 saturated carbocycles. The minimum atomic E-state index is -0.422. The third-order valence-electron chi connectivity index (χ3n) is 6.01. The lowest BCUT2D eigenvalue weighted by Crippen LogP contribution is -2.22. The number of benzene rings is 2. The maximum atomic E-state index is 13.2. The summed E-state index contributed by atoms with van der Waals surface area (Å²) in [6.45, 7) is 0.668.